The van der Waals surface area contributed by atoms with Crippen LogP contribution < -0.4 is 5.73 Å². The number of hydrogen-bond donors (Lipinski definition) is 1. The fraction of sp³-hybridized carbons (Fsp3) is 0.571. The summed E-state index contributed by atoms with van der Waals surface area (Å²) in [6.45, 7) is 7.27. The molecular weight excluding hydrogens is 290 g/mol. The Labute approximate surface area is 129 Å². The van der Waals surface area contributed by atoms with Gasteiger partial charge < -0.3 is 10.6 Å². The number of nitrogens with two attached hydrogens (primary N) is 1. The van der Waals surface area contributed by atoms with Crippen LogP contribution >= 0.6 is 23.6 Å². The van der Waals surface area contributed by atoms with Crippen LogP contribution in [0.4, 0.5) is 0 Å². The van der Waals surface area contributed by atoms with E-state index in [9.17, 15) is 4.79 Å². The van der Waals surface area contributed by atoms with E-state index in [1.165, 1.54) is 4.88 Å². The molecule has 1 amide bonds. The maximum absolute atomic E-state index is 12.4. The Morgan fingerprint density at radius 1 is 1.40 bits per heavy atom. The Morgan fingerprint density at radius 2 is 2.05 bits per heavy atom. The molecule has 2 N–H and O–H groups in total. The number of amides is 1. The summed E-state index contributed by atoms with van der Waals surface area (Å²) in [5.74, 6) is 0.150. The van der Waals surface area contributed by atoms with Crippen LogP contribution in [0.3, 0.4) is 0 Å². The van der Waals surface area contributed by atoms with E-state index in [1.807, 2.05) is 24.0 Å². The maximum Gasteiger partial charge on any atom is 0.264 e. The minimum Gasteiger partial charge on any atom is -0.392 e. The zero-order chi connectivity index (χ0) is 14.7. The maximum atomic E-state index is 12.4. The van der Waals surface area contributed by atoms with E-state index in [4.69, 9.17) is 18.0 Å². The summed E-state index contributed by atoms with van der Waals surface area (Å²) >= 11 is 6.63. The van der Waals surface area contributed by atoms with Crippen molar-refractivity contribution in [1.82, 2.24) is 9.80 Å². The highest BCUT2D eigenvalue weighted by Crippen LogP contribution is 2.19. The monoisotopic (exact) mass is 311 g/mol. The minimum absolute atomic E-state index is 0.107. The Hall–Kier alpha value is -0.980. The number of thiocarbonyl (C=S) groups is 1. The lowest BCUT2D eigenvalue weighted by Gasteiger charge is -2.37. The highest BCUT2D eigenvalue weighted by atomic mass is 32.1. The van der Waals surface area contributed by atoms with Gasteiger partial charge in [-0.25, -0.2) is 0 Å². The smallest absolute Gasteiger partial charge is 0.264 e. The number of carbonyl (C=O) groups excluding carboxylic acids is 1. The summed E-state index contributed by atoms with van der Waals surface area (Å²) in [5, 5.41) is 0. The molecule has 1 aromatic heterocycles. The summed E-state index contributed by atoms with van der Waals surface area (Å²) in [5.41, 5.74) is 5.68. The molecule has 110 valence electrons. The second-order valence-corrected chi connectivity index (χ2v) is 6.67. The van der Waals surface area contributed by atoms with Crippen LogP contribution in [0.15, 0.2) is 12.1 Å². The number of carbonyl (C=O) groups is 1. The SMILES string of the molecule is CCc1ccc(C(=O)N2CCN(C(C)C(N)=S)CC2)s1. The zero-order valence-corrected chi connectivity index (χ0v) is 13.6. The van der Waals surface area contributed by atoms with Gasteiger partial charge in [0.15, 0.2) is 0 Å². The Balaban J connectivity index is 1.93. The van der Waals surface area contributed by atoms with Crippen molar-refractivity contribution in [3.05, 3.63) is 21.9 Å². The lowest BCUT2D eigenvalue weighted by Crippen LogP contribution is -2.53. The summed E-state index contributed by atoms with van der Waals surface area (Å²) in [4.78, 5) is 19.2. The molecule has 1 fully saturated rings. The van der Waals surface area contributed by atoms with Crippen LogP contribution in [-0.4, -0.2) is 52.9 Å². The van der Waals surface area contributed by atoms with Crippen molar-refractivity contribution in [2.24, 2.45) is 5.73 Å². The first-order valence-electron chi connectivity index (χ1n) is 6.94. The third-order valence-electron chi connectivity index (χ3n) is 3.78. The molecule has 0 aliphatic carbocycles. The fourth-order valence-electron chi connectivity index (χ4n) is 2.33. The molecular formula is C14H21N3OS2. The second kappa shape index (κ2) is 6.65. The van der Waals surface area contributed by atoms with Crippen molar-refractivity contribution in [2.75, 3.05) is 26.2 Å². The molecule has 0 spiro atoms. The lowest BCUT2D eigenvalue weighted by atomic mass is 10.2. The molecule has 0 aromatic carbocycles. The van der Waals surface area contributed by atoms with Crippen molar-refractivity contribution in [1.29, 1.82) is 0 Å². The van der Waals surface area contributed by atoms with Crippen molar-refractivity contribution in [3.63, 3.8) is 0 Å². The van der Waals surface area contributed by atoms with Crippen molar-refractivity contribution in [3.8, 4) is 0 Å². The topological polar surface area (TPSA) is 49.6 Å². The Bertz CT molecular complexity index is 492. The fourth-order valence-corrected chi connectivity index (χ4v) is 3.40. The van der Waals surface area contributed by atoms with Gasteiger partial charge in [-0.2, -0.15) is 0 Å². The number of rotatable bonds is 4. The zero-order valence-electron chi connectivity index (χ0n) is 12.0. The third kappa shape index (κ3) is 3.37. The molecule has 1 aromatic rings. The van der Waals surface area contributed by atoms with Gasteiger partial charge >= 0.3 is 0 Å². The van der Waals surface area contributed by atoms with E-state index in [-0.39, 0.29) is 11.9 Å². The molecule has 2 rings (SSSR count). The quantitative estimate of drug-likeness (QED) is 0.861. The van der Waals surface area contributed by atoms with Crippen LogP contribution in [-0.2, 0) is 6.42 Å². The molecule has 1 atom stereocenters. The first kappa shape index (κ1) is 15.4. The normalized spacial score (nSPS) is 18.0. The molecule has 1 aliphatic rings. The molecule has 6 heteroatoms. The van der Waals surface area contributed by atoms with Crippen LogP contribution in [0.25, 0.3) is 0 Å². The highest BCUT2D eigenvalue weighted by molar-refractivity contribution is 7.80. The van der Waals surface area contributed by atoms with E-state index in [1.54, 1.807) is 11.3 Å². The van der Waals surface area contributed by atoms with Gasteiger partial charge in [0.25, 0.3) is 5.91 Å². The van der Waals surface area contributed by atoms with Gasteiger partial charge in [0, 0.05) is 31.1 Å². The van der Waals surface area contributed by atoms with Gasteiger partial charge in [0.2, 0.25) is 0 Å². The van der Waals surface area contributed by atoms with Gasteiger partial charge in [-0.3, -0.25) is 9.69 Å². The van der Waals surface area contributed by atoms with Crippen LogP contribution in [0.2, 0.25) is 0 Å². The molecule has 1 aliphatic heterocycles. The van der Waals surface area contributed by atoms with E-state index in [0.717, 1.165) is 37.5 Å². The number of piperazine rings is 1. The molecule has 4 nitrogen and oxygen atoms in total. The number of thiophene rings is 1. The molecule has 0 saturated carbocycles. The molecule has 2 heterocycles. The summed E-state index contributed by atoms with van der Waals surface area (Å²) in [6.07, 6.45) is 0.983. The van der Waals surface area contributed by atoms with Crippen molar-refractivity contribution < 1.29 is 4.79 Å². The predicted molar refractivity (Wildman–Crippen MR) is 87.4 cm³/mol. The summed E-state index contributed by atoms with van der Waals surface area (Å²) < 4.78 is 0. The molecule has 1 unspecified atom stereocenters. The first-order chi connectivity index (χ1) is 9.52. The lowest BCUT2D eigenvalue weighted by molar-refractivity contribution is 0.0626. The van der Waals surface area contributed by atoms with Gasteiger partial charge in [0.1, 0.15) is 0 Å². The average Bonchev–Trinajstić information content (AvgIpc) is 2.94. The van der Waals surface area contributed by atoms with Crippen LogP contribution in [0, 0.1) is 0 Å². The molecule has 1 saturated heterocycles. The average molecular weight is 311 g/mol. The van der Waals surface area contributed by atoms with Crippen molar-refractivity contribution >= 4 is 34.5 Å². The van der Waals surface area contributed by atoms with Crippen LogP contribution in [0.5, 0.6) is 0 Å². The van der Waals surface area contributed by atoms with E-state index >= 15 is 0 Å². The van der Waals surface area contributed by atoms with E-state index in [0.29, 0.717) is 4.99 Å². The summed E-state index contributed by atoms with van der Waals surface area (Å²) in [6, 6.07) is 4.09. The molecule has 0 bridgehead atoms. The first-order valence-corrected chi connectivity index (χ1v) is 8.16. The second-order valence-electron chi connectivity index (χ2n) is 5.03. The molecule has 20 heavy (non-hydrogen) atoms. The number of hydrogen-bond acceptors (Lipinski definition) is 4. The Morgan fingerprint density at radius 3 is 2.55 bits per heavy atom. The summed E-state index contributed by atoms with van der Waals surface area (Å²) in [7, 11) is 0. The van der Waals surface area contributed by atoms with Gasteiger partial charge in [-0.15, -0.1) is 11.3 Å². The number of aryl methyl sites for hydroxylation is 1. The van der Waals surface area contributed by atoms with Gasteiger partial charge in [-0.1, -0.05) is 19.1 Å². The predicted octanol–water partition coefficient (Wildman–Crippen LogP) is 1.74. The highest BCUT2D eigenvalue weighted by Gasteiger charge is 2.26. The Kier molecular flexibility index (Phi) is 5.12. The standard InChI is InChI=1S/C14H21N3OS2/c1-3-11-4-5-12(20-11)14(18)17-8-6-16(7-9-17)10(2)13(15)19/h4-5,10H,3,6-9H2,1-2H3,(H2,15,19). The van der Waals surface area contributed by atoms with Gasteiger partial charge in [-0.05, 0) is 25.5 Å². The van der Waals surface area contributed by atoms with E-state index < -0.39 is 0 Å². The number of nitrogens with zero attached hydrogens (tertiary/aromatic N) is 2. The third-order valence-corrected chi connectivity index (χ3v) is 5.34. The van der Waals surface area contributed by atoms with Crippen molar-refractivity contribution in [2.45, 2.75) is 26.3 Å². The minimum atomic E-state index is 0.107. The largest absolute Gasteiger partial charge is 0.392 e. The van der Waals surface area contributed by atoms with Crippen LogP contribution in [0.1, 0.15) is 28.4 Å². The van der Waals surface area contributed by atoms with Gasteiger partial charge in [0.05, 0.1) is 15.9 Å². The molecule has 0 radical (unpaired) electrons. The van der Waals surface area contributed by atoms with E-state index in [2.05, 4.69) is 11.8 Å².